The summed E-state index contributed by atoms with van der Waals surface area (Å²) in [6, 6.07) is 77.6. The third kappa shape index (κ3) is 5.83. The van der Waals surface area contributed by atoms with Gasteiger partial charge in [0.05, 0.1) is 5.69 Å². The number of hydrogen-bond donors (Lipinski definition) is 0. The van der Waals surface area contributed by atoms with Crippen LogP contribution in [-0.2, 0) is 0 Å². The molecule has 0 aliphatic carbocycles. The highest BCUT2D eigenvalue weighted by molar-refractivity contribution is 7.26. The van der Waals surface area contributed by atoms with E-state index >= 15 is 0 Å². The van der Waals surface area contributed by atoms with Gasteiger partial charge >= 0.3 is 0 Å². The van der Waals surface area contributed by atoms with Crippen LogP contribution in [-0.4, -0.2) is 0 Å². The molecule has 11 rings (SSSR count). The fraction of sp³-hybridized carbons (Fsp3) is 0. The zero-order valence-electron chi connectivity index (χ0n) is 31.0. The molecule has 11 aromatic rings. The van der Waals surface area contributed by atoms with Crippen molar-refractivity contribution in [2.75, 3.05) is 4.90 Å². The zero-order chi connectivity index (χ0) is 37.7. The Hall–Kier alpha value is -6.78. The summed E-state index contributed by atoms with van der Waals surface area (Å²) in [4.78, 5) is 2.47. The Morgan fingerprint density at radius 2 is 0.807 bits per heavy atom. The van der Waals surface area contributed by atoms with Gasteiger partial charge in [0.25, 0.3) is 0 Å². The maximum atomic E-state index is 2.47. The van der Waals surface area contributed by atoms with E-state index in [4.69, 9.17) is 0 Å². The Morgan fingerprint density at radius 3 is 1.53 bits per heavy atom. The van der Waals surface area contributed by atoms with Crippen LogP contribution in [0.3, 0.4) is 0 Å². The number of rotatable bonds is 7. The molecule has 1 nitrogen and oxygen atoms in total. The Bertz CT molecular complexity index is 3230. The van der Waals surface area contributed by atoms with Crippen molar-refractivity contribution < 1.29 is 0 Å². The van der Waals surface area contributed by atoms with Crippen LogP contribution in [0.2, 0.25) is 0 Å². The Labute approximate surface area is 340 Å². The van der Waals surface area contributed by atoms with Gasteiger partial charge in [0.15, 0.2) is 0 Å². The van der Waals surface area contributed by atoms with Gasteiger partial charge in [-0.2, -0.15) is 0 Å². The number of benzene rings is 9. The highest BCUT2D eigenvalue weighted by atomic mass is 32.1. The summed E-state index contributed by atoms with van der Waals surface area (Å²) >= 11 is 3.75. The summed E-state index contributed by atoms with van der Waals surface area (Å²) in [5.41, 5.74) is 13.1. The second-order valence-electron chi connectivity index (χ2n) is 14.4. The van der Waals surface area contributed by atoms with Crippen molar-refractivity contribution in [1.82, 2.24) is 0 Å². The SMILES string of the molecule is c1ccc(-c2ccccc2-c2ccc(N(c3ccc(-c4ccccc4)c(-c4cccc5c4sc4ccccc45)c3)c3cccc4sc5ccccc5c34)cc2)cc1. The van der Waals surface area contributed by atoms with E-state index < -0.39 is 0 Å². The molecule has 9 aromatic carbocycles. The smallest absolute Gasteiger partial charge is 0.0554 e. The lowest BCUT2D eigenvalue weighted by Gasteiger charge is -2.28. The standard InChI is InChI=1S/C54H35NS2/c1-3-15-36(16-4-1)41-19-7-8-20-42(41)38-29-31-39(32-30-38)55(49-25-14-28-52-53(49)47-22-10-12-27-51(47)56-52)40-33-34-43(37-17-5-2-6-18-37)48(35-40)46-24-13-23-45-44-21-9-11-26-50(44)57-54(45)46/h1-35H. The quantitative estimate of drug-likeness (QED) is 0.156. The topological polar surface area (TPSA) is 3.24 Å². The summed E-state index contributed by atoms with van der Waals surface area (Å²) in [5.74, 6) is 0. The third-order valence-electron chi connectivity index (χ3n) is 11.1. The molecule has 0 spiro atoms. The molecule has 0 bridgehead atoms. The highest BCUT2D eigenvalue weighted by Gasteiger charge is 2.22. The van der Waals surface area contributed by atoms with E-state index in [0.29, 0.717) is 0 Å². The van der Waals surface area contributed by atoms with E-state index in [1.807, 2.05) is 22.7 Å². The predicted molar refractivity (Wildman–Crippen MR) is 249 cm³/mol. The molecule has 0 aliphatic rings. The lowest BCUT2D eigenvalue weighted by molar-refractivity contribution is 1.30. The van der Waals surface area contributed by atoms with Crippen molar-refractivity contribution in [2.24, 2.45) is 0 Å². The number of anilines is 3. The van der Waals surface area contributed by atoms with E-state index in [1.54, 1.807) is 0 Å². The third-order valence-corrected chi connectivity index (χ3v) is 13.5. The van der Waals surface area contributed by atoms with Crippen LogP contribution >= 0.6 is 22.7 Å². The Kier molecular flexibility index (Phi) is 8.28. The Morgan fingerprint density at radius 1 is 0.298 bits per heavy atom. The fourth-order valence-electron chi connectivity index (χ4n) is 8.49. The van der Waals surface area contributed by atoms with Crippen LogP contribution in [0.25, 0.3) is 84.9 Å². The van der Waals surface area contributed by atoms with Crippen molar-refractivity contribution in [3.8, 4) is 44.5 Å². The van der Waals surface area contributed by atoms with Crippen molar-refractivity contribution in [3.05, 3.63) is 212 Å². The lowest BCUT2D eigenvalue weighted by atomic mass is 9.92. The van der Waals surface area contributed by atoms with E-state index in [2.05, 4.69) is 217 Å². The summed E-state index contributed by atoms with van der Waals surface area (Å²) in [6.07, 6.45) is 0. The summed E-state index contributed by atoms with van der Waals surface area (Å²) in [6.45, 7) is 0. The minimum Gasteiger partial charge on any atom is -0.310 e. The van der Waals surface area contributed by atoms with E-state index in [1.165, 1.54) is 90.5 Å². The zero-order valence-corrected chi connectivity index (χ0v) is 32.6. The maximum absolute atomic E-state index is 2.47. The molecule has 0 aliphatic heterocycles. The van der Waals surface area contributed by atoms with Gasteiger partial charge in [-0.25, -0.2) is 0 Å². The van der Waals surface area contributed by atoms with E-state index in [9.17, 15) is 0 Å². The molecule has 0 amide bonds. The molecule has 2 heterocycles. The molecular weight excluding hydrogens is 727 g/mol. The van der Waals surface area contributed by atoms with Crippen molar-refractivity contribution in [2.45, 2.75) is 0 Å². The van der Waals surface area contributed by atoms with Gasteiger partial charge in [-0.05, 0) is 87.5 Å². The highest BCUT2D eigenvalue weighted by Crippen LogP contribution is 2.48. The molecule has 0 saturated heterocycles. The first-order chi connectivity index (χ1) is 28.3. The van der Waals surface area contributed by atoms with E-state index in [-0.39, 0.29) is 0 Å². The summed E-state index contributed by atoms with van der Waals surface area (Å²) < 4.78 is 5.20. The molecular formula is C54H35NS2. The van der Waals surface area contributed by atoms with Crippen molar-refractivity contribution >= 4 is 80.1 Å². The lowest BCUT2D eigenvalue weighted by Crippen LogP contribution is -2.10. The minimum absolute atomic E-state index is 1.11. The van der Waals surface area contributed by atoms with Gasteiger partial charge < -0.3 is 4.90 Å². The van der Waals surface area contributed by atoms with Crippen LogP contribution < -0.4 is 4.90 Å². The first-order valence-corrected chi connectivity index (χ1v) is 21.0. The maximum Gasteiger partial charge on any atom is 0.0554 e. The van der Waals surface area contributed by atoms with Gasteiger partial charge in [0.1, 0.15) is 0 Å². The van der Waals surface area contributed by atoms with Crippen LogP contribution in [0.5, 0.6) is 0 Å². The van der Waals surface area contributed by atoms with Crippen LogP contribution in [0.1, 0.15) is 0 Å². The van der Waals surface area contributed by atoms with Gasteiger partial charge in [0.2, 0.25) is 0 Å². The second kappa shape index (κ2) is 14.1. The van der Waals surface area contributed by atoms with Crippen LogP contribution in [0, 0.1) is 0 Å². The largest absolute Gasteiger partial charge is 0.310 e. The molecule has 0 radical (unpaired) electrons. The molecule has 0 saturated carbocycles. The molecule has 0 unspecified atom stereocenters. The van der Waals surface area contributed by atoms with Crippen LogP contribution in [0.15, 0.2) is 212 Å². The molecule has 3 heteroatoms. The van der Waals surface area contributed by atoms with Crippen molar-refractivity contribution in [3.63, 3.8) is 0 Å². The minimum atomic E-state index is 1.11. The number of fused-ring (bicyclic) bond motifs is 6. The Balaban J connectivity index is 1.15. The molecule has 268 valence electrons. The first-order valence-electron chi connectivity index (χ1n) is 19.3. The number of thiophene rings is 2. The number of hydrogen-bond acceptors (Lipinski definition) is 3. The fourth-order valence-corrected chi connectivity index (χ4v) is 10.8. The second-order valence-corrected chi connectivity index (χ2v) is 16.6. The summed E-state index contributed by atoms with van der Waals surface area (Å²) in [5, 5.41) is 5.16. The average Bonchev–Trinajstić information content (AvgIpc) is 3.87. The van der Waals surface area contributed by atoms with Gasteiger partial charge in [-0.15, -0.1) is 22.7 Å². The van der Waals surface area contributed by atoms with Gasteiger partial charge in [0, 0.05) is 57.3 Å². The van der Waals surface area contributed by atoms with Gasteiger partial charge in [-0.1, -0.05) is 164 Å². The monoisotopic (exact) mass is 761 g/mol. The predicted octanol–water partition coefficient (Wildman–Crippen LogP) is 16.6. The molecule has 0 fully saturated rings. The number of nitrogens with zero attached hydrogens (tertiary/aromatic N) is 1. The molecule has 57 heavy (non-hydrogen) atoms. The van der Waals surface area contributed by atoms with Crippen LogP contribution in [0.4, 0.5) is 17.1 Å². The van der Waals surface area contributed by atoms with Gasteiger partial charge in [-0.3, -0.25) is 0 Å². The average molecular weight is 762 g/mol. The van der Waals surface area contributed by atoms with E-state index in [0.717, 1.165) is 11.4 Å². The molecule has 0 N–H and O–H groups in total. The molecule has 0 atom stereocenters. The molecule has 2 aromatic heterocycles. The summed E-state index contributed by atoms with van der Waals surface area (Å²) in [7, 11) is 0. The normalized spacial score (nSPS) is 11.5. The first kappa shape index (κ1) is 33.5. The van der Waals surface area contributed by atoms with Crippen molar-refractivity contribution in [1.29, 1.82) is 0 Å².